The Kier molecular flexibility index (Phi) is 6.58. The zero-order valence-corrected chi connectivity index (χ0v) is 16.9. The number of nitrogens with zero attached hydrogens (tertiary/aromatic N) is 2. The van der Waals surface area contributed by atoms with Crippen molar-refractivity contribution < 1.29 is 24.5 Å². The minimum absolute atomic E-state index is 0.145. The van der Waals surface area contributed by atoms with E-state index in [4.69, 9.17) is 15.2 Å². The number of ether oxygens (including phenoxy) is 2. The third-order valence-electron chi connectivity index (χ3n) is 4.77. The van der Waals surface area contributed by atoms with Crippen LogP contribution in [0.15, 0.2) is 71.2 Å². The predicted molar refractivity (Wildman–Crippen MR) is 112 cm³/mol. The van der Waals surface area contributed by atoms with Crippen LogP contribution in [0.3, 0.4) is 0 Å². The number of aliphatic hydroxyl groups excluding tert-OH is 2. The zero-order valence-electron chi connectivity index (χ0n) is 16.9. The number of benzene rings is 2. The van der Waals surface area contributed by atoms with Gasteiger partial charge in [0.1, 0.15) is 17.7 Å². The highest BCUT2D eigenvalue weighted by Crippen LogP contribution is 2.31. The van der Waals surface area contributed by atoms with Crippen molar-refractivity contribution in [1.82, 2.24) is 4.90 Å². The molecule has 8 heteroatoms. The summed E-state index contributed by atoms with van der Waals surface area (Å²) in [6.45, 7) is 2.49. The Morgan fingerprint density at radius 3 is 2.47 bits per heavy atom. The number of carbonyl (C=O) groups is 1. The summed E-state index contributed by atoms with van der Waals surface area (Å²) in [5, 5.41) is 20.6. The summed E-state index contributed by atoms with van der Waals surface area (Å²) in [5.41, 5.74) is 7.11. The average Bonchev–Trinajstić information content (AvgIpc) is 2.74. The highest BCUT2D eigenvalue weighted by atomic mass is 16.5. The van der Waals surface area contributed by atoms with E-state index in [-0.39, 0.29) is 12.4 Å². The number of aliphatic imine (C=N–C) groups is 1. The smallest absolute Gasteiger partial charge is 0.254 e. The van der Waals surface area contributed by atoms with Crippen molar-refractivity contribution in [2.24, 2.45) is 10.7 Å². The molecule has 1 aliphatic rings. The molecule has 8 nitrogen and oxygen atoms in total. The number of methoxy groups -OCH3 is 1. The van der Waals surface area contributed by atoms with Crippen LogP contribution in [0.5, 0.6) is 5.75 Å². The first kappa shape index (κ1) is 21.2. The monoisotopic (exact) mass is 411 g/mol. The van der Waals surface area contributed by atoms with E-state index in [1.807, 2.05) is 61.5 Å². The van der Waals surface area contributed by atoms with Crippen LogP contribution in [0.4, 0.5) is 0 Å². The van der Waals surface area contributed by atoms with Gasteiger partial charge in [0.2, 0.25) is 5.91 Å². The van der Waals surface area contributed by atoms with Gasteiger partial charge in [-0.05, 0) is 18.6 Å². The molecular weight excluding hydrogens is 386 g/mol. The summed E-state index contributed by atoms with van der Waals surface area (Å²) in [5.74, 6) is -1.23. The van der Waals surface area contributed by atoms with E-state index in [9.17, 15) is 15.0 Å². The third kappa shape index (κ3) is 4.23. The lowest BCUT2D eigenvalue weighted by molar-refractivity contribution is -0.122. The van der Waals surface area contributed by atoms with Crippen molar-refractivity contribution in [3.8, 4) is 5.75 Å². The van der Waals surface area contributed by atoms with Gasteiger partial charge in [-0.2, -0.15) is 4.99 Å². The van der Waals surface area contributed by atoms with Crippen LogP contribution in [0.1, 0.15) is 24.2 Å². The number of nitrogens with two attached hydrogens (primary N) is 1. The Labute approximate surface area is 174 Å². The van der Waals surface area contributed by atoms with E-state index in [2.05, 4.69) is 4.99 Å². The molecule has 0 fully saturated rings. The Bertz CT molecular complexity index is 958. The fraction of sp³-hybridized carbons (Fsp3) is 0.273. The molecule has 0 bridgehead atoms. The standard InChI is InChI=1S/C22H25N3O5/c1-3-30-16-12-8-7-11-15(16)13-25-17(20(23)27)18(26)22(28)24-21(25)19(29-2)14-9-5-4-6-10-14/h4-12,17,19,26,28H,3,13H2,1-2H3,(H2,23,27). The number of amides is 1. The molecule has 4 N–H and O–H groups in total. The normalized spacial score (nSPS) is 17.5. The average molecular weight is 411 g/mol. The fourth-order valence-corrected chi connectivity index (χ4v) is 3.43. The number of hydrogen-bond acceptors (Lipinski definition) is 7. The molecule has 2 atom stereocenters. The lowest BCUT2D eigenvalue weighted by Gasteiger charge is -2.37. The minimum atomic E-state index is -1.31. The van der Waals surface area contributed by atoms with E-state index in [0.29, 0.717) is 12.4 Å². The van der Waals surface area contributed by atoms with Crippen molar-refractivity contribution in [1.29, 1.82) is 0 Å². The Balaban J connectivity index is 2.10. The molecule has 0 aromatic heterocycles. The molecule has 0 saturated carbocycles. The van der Waals surface area contributed by atoms with Crippen molar-refractivity contribution in [3.63, 3.8) is 0 Å². The Morgan fingerprint density at radius 1 is 1.17 bits per heavy atom. The molecular formula is C22H25N3O5. The van der Waals surface area contributed by atoms with Gasteiger partial charge in [-0.25, -0.2) is 0 Å². The summed E-state index contributed by atoms with van der Waals surface area (Å²) in [4.78, 5) is 17.9. The molecule has 158 valence electrons. The molecule has 2 aromatic carbocycles. The summed E-state index contributed by atoms with van der Waals surface area (Å²) in [6.07, 6.45) is -0.706. The van der Waals surface area contributed by atoms with E-state index in [0.717, 1.165) is 11.1 Å². The van der Waals surface area contributed by atoms with Crippen LogP contribution >= 0.6 is 0 Å². The van der Waals surface area contributed by atoms with Crippen LogP contribution in [0.25, 0.3) is 0 Å². The Hall–Kier alpha value is -3.52. The lowest BCUT2D eigenvalue weighted by atomic mass is 10.0. The SMILES string of the molecule is CCOc1ccccc1CN1C(C(OC)c2ccccc2)=NC(O)=C(O)C1C(N)=O. The van der Waals surface area contributed by atoms with E-state index >= 15 is 0 Å². The third-order valence-corrected chi connectivity index (χ3v) is 4.77. The highest BCUT2D eigenvalue weighted by Gasteiger charge is 2.40. The van der Waals surface area contributed by atoms with Gasteiger partial charge in [0.25, 0.3) is 5.88 Å². The van der Waals surface area contributed by atoms with Crippen LogP contribution in [0, 0.1) is 0 Å². The van der Waals surface area contributed by atoms with E-state index < -0.39 is 29.7 Å². The molecule has 0 aliphatic carbocycles. The van der Waals surface area contributed by atoms with Gasteiger partial charge in [-0.1, -0.05) is 48.5 Å². The van der Waals surface area contributed by atoms with Gasteiger partial charge in [0.15, 0.2) is 11.8 Å². The molecule has 0 radical (unpaired) electrons. The van der Waals surface area contributed by atoms with Crippen molar-refractivity contribution in [2.45, 2.75) is 25.6 Å². The van der Waals surface area contributed by atoms with Crippen LogP contribution < -0.4 is 10.5 Å². The quantitative estimate of drug-likeness (QED) is 0.615. The first-order valence-corrected chi connectivity index (χ1v) is 9.53. The van der Waals surface area contributed by atoms with Crippen LogP contribution in [0.2, 0.25) is 0 Å². The number of primary amides is 1. The molecule has 3 rings (SSSR count). The van der Waals surface area contributed by atoms with Crippen molar-refractivity contribution in [3.05, 3.63) is 77.4 Å². The maximum Gasteiger partial charge on any atom is 0.254 e. The van der Waals surface area contributed by atoms with Gasteiger partial charge in [0.05, 0.1) is 6.61 Å². The van der Waals surface area contributed by atoms with Crippen LogP contribution in [-0.2, 0) is 16.1 Å². The number of para-hydroxylation sites is 1. The molecule has 1 aliphatic heterocycles. The fourth-order valence-electron chi connectivity index (χ4n) is 3.43. The van der Waals surface area contributed by atoms with Crippen LogP contribution in [-0.4, -0.2) is 46.6 Å². The first-order valence-electron chi connectivity index (χ1n) is 9.53. The maximum absolute atomic E-state index is 12.3. The highest BCUT2D eigenvalue weighted by molar-refractivity contribution is 5.95. The molecule has 0 spiro atoms. The Morgan fingerprint density at radius 2 is 1.83 bits per heavy atom. The minimum Gasteiger partial charge on any atom is -0.505 e. The second-order valence-electron chi connectivity index (χ2n) is 6.68. The molecule has 30 heavy (non-hydrogen) atoms. The number of aliphatic hydroxyl groups is 2. The molecule has 2 unspecified atom stereocenters. The second-order valence-corrected chi connectivity index (χ2v) is 6.68. The van der Waals surface area contributed by atoms with Gasteiger partial charge in [0, 0.05) is 19.2 Å². The van der Waals surface area contributed by atoms with Gasteiger partial charge in [-0.3, -0.25) is 4.79 Å². The predicted octanol–water partition coefficient (Wildman–Crippen LogP) is 2.83. The topological polar surface area (TPSA) is 118 Å². The molecule has 1 heterocycles. The summed E-state index contributed by atoms with van der Waals surface area (Å²) >= 11 is 0. The van der Waals surface area contributed by atoms with Gasteiger partial charge >= 0.3 is 0 Å². The van der Waals surface area contributed by atoms with Crippen molar-refractivity contribution >= 4 is 11.7 Å². The molecule has 2 aromatic rings. The number of hydrogen-bond donors (Lipinski definition) is 3. The number of amidine groups is 1. The molecule has 0 saturated heterocycles. The summed E-state index contributed by atoms with van der Waals surface area (Å²) < 4.78 is 11.4. The van der Waals surface area contributed by atoms with E-state index in [1.165, 1.54) is 12.0 Å². The largest absolute Gasteiger partial charge is 0.505 e. The summed E-state index contributed by atoms with van der Waals surface area (Å²) in [6, 6.07) is 15.3. The number of carbonyl (C=O) groups excluding carboxylic acids is 1. The van der Waals surface area contributed by atoms with Gasteiger partial charge < -0.3 is 30.3 Å². The van der Waals surface area contributed by atoms with E-state index in [1.54, 1.807) is 0 Å². The van der Waals surface area contributed by atoms with Gasteiger partial charge in [-0.15, -0.1) is 0 Å². The summed E-state index contributed by atoms with van der Waals surface area (Å²) in [7, 11) is 1.50. The second kappa shape index (κ2) is 9.32. The zero-order chi connectivity index (χ0) is 21.7. The number of rotatable bonds is 8. The molecule has 1 amide bonds. The lowest BCUT2D eigenvalue weighted by Crippen LogP contribution is -2.52. The maximum atomic E-state index is 12.3. The first-order chi connectivity index (χ1) is 14.5. The van der Waals surface area contributed by atoms with Crippen molar-refractivity contribution in [2.75, 3.05) is 13.7 Å².